The van der Waals surface area contributed by atoms with Crippen molar-refractivity contribution >= 4 is 15.9 Å². The van der Waals surface area contributed by atoms with Gasteiger partial charge in [0.05, 0.1) is 6.61 Å². The van der Waals surface area contributed by atoms with E-state index < -0.39 is 0 Å². The van der Waals surface area contributed by atoms with Crippen LogP contribution in [0.3, 0.4) is 0 Å². The molecule has 1 saturated heterocycles. The van der Waals surface area contributed by atoms with Gasteiger partial charge in [0.15, 0.2) is 0 Å². The third-order valence-corrected chi connectivity index (χ3v) is 4.73. The van der Waals surface area contributed by atoms with Crippen LogP contribution in [0.15, 0.2) is 22.7 Å². The number of ether oxygens (including phenoxy) is 2. The Morgan fingerprint density at radius 3 is 2.86 bits per heavy atom. The highest BCUT2D eigenvalue weighted by Crippen LogP contribution is 2.32. The Balaban J connectivity index is 1.98. The predicted molar refractivity (Wildman–Crippen MR) is 93.2 cm³/mol. The van der Waals surface area contributed by atoms with Gasteiger partial charge in [-0.05, 0) is 50.0 Å². The minimum Gasteiger partial charge on any atom is -0.491 e. The molecule has 1 aromatic carbocycles. The Morgan fingerprint density at radius 2 is 2.18 bits per heavy atom. The number of likely N-dealkylation sites (tertiary alicyclic amines) is 1. The van der Waals surface area contributed by atoms with Crippen LogP contribution in [0.5, 0.6) is 5.75 Å². The second-order valence-electron chi connectivity index (χ2n) is 6.27. The van der Waals surface area contributed by atoms with E-state index >= 15 is 0 Å². The summed E-state index contributed by atoms with van der Waals surface area (Å²) in [5.41, 5.74) is 7.37. The molecule has 1 fully saturated rings. The molecule has 1 aliphatic heterocycles. The Morgan fingerprint density at radius 1 is 1.36 bits per heavy atom. The summed E-state index contributed by atoms with van der Waals surface area (Å²) in [6.45, 7) is 10.00. The summed E-state index contributed by atoms with van der Waals surface area (Å²) in [5, 5.41) is 0. The lowest BCUT2D eigenvalue weighted by Gasteiger charge is -2.23. The van der Waals surface area contributed by atoms with E-state index in [1.54, 1.807) is 0 Å². The molecule has 0 spiro atoms. The average molecular weight is 371 g/mol. The fourth-order valence-corrected chi connectivity index (χ4v) is 3.24. The van der Waals surface area contributed by atoms with Crippen LogP contribution in [0.4, 0.5) is 0 Å². The van der Waals surface area contributed by atoms with Crippen molar-refractivity contribution in [2.75, 3.05) is 39.5 Å². The van der Waals surface area contributed by atoms with Crippen LogP contribution in [-0.4, -0.2) is 44.4 Å². The second kappa shape index (κ2) is 8.29. The molecule has 0 aromatic heterocycles. The van der Waals surface area contributed by atoms with Gasteiger partial charge in [0, 0.05) is 29.7 Å². The largest absolute Gasteiger partial charge is 0.491 e. The van der Waals surface area contributed by atoms with E-state index in [4.69, 9.17) is 15.2 Å². The molecule has 4 nitrogen and oxygen atoms in total. The van der Waals surface area contributed by atoms with Gasteiger partial charge in [0.1, 0.15) is 12.4 Å². The summed E-state index contributed by atoms with van der Waals surface area (Å²) in [6.07, 6.45) is 1.16. The van der Waals surface area contributed by atoms with E-state index in [0.717, 1.165) is 49.4 Å². The van der Waals surface area contributed by atoms with Crippen molar-refractivity contribution in [3.63, 3.8) is 0 Å². The molecule has 1 heterocycles. The van der Waals surface area contributed by atoms with Gasteiger partial charge in [-0.15, -0.1) is 0 Å². The maximum Gasteiger partial charge on any atom is 0.123 e. The van der Waals surface area contributed by atoms with E-state index in [9.17, 15) is 0 Å². The van der Waals surface area contributed by atoms with Gasteiger partial charge in [-0.3, -0.25) is 4.90 Å². The molecule has 1 aromatic rings. The minimum atomic E-state index is 0.252. The highest BCUT2D eigenvalue weighted by molar-refractivity contribution is 9.10. The quantitative estimate of drug-likeness (QED) is 0.714. The van der Waals surface area contributed by atoms with Gasteiger partial charge < -0.3 is 15.2 Å². The molecule has 1 atom stereocenters. The Bertz CT molecular complexity index is 484. The summed E-state index contributed by atoms with van der Waals surface area (Å²) in [4.78, 5) is 2.46. The topological polar surface area (TPSA) is 47.7 Å². The zero-order chi connectivity index (χ0) is 16.0. The second-order valence-corrected chi connectivity index (χ2v) is 7.19. The van der Waals surface area contributed by atoms with Crippen LogP contribution in [0.2, 0.25) is 0 Å². The summed E-state index contributed by atoms with van der Waals surface area (Å²) < 4.78 is 12.3. The monoisotopic (exact) mass is 370 g/mol. The lowest BCUT2D eigenvalue weighted by atomic mass is 9.90. The molecular weight excluding hydrogens is 344 g/mol. The number of rotatable bonds is 8. The highest BCUT2D eigenvalue weighted by atomic mass is 79.9. The maximum atomic E-state index is 5.90. The number of nitrogens with two attached hydrogens (primary N) is 1. The van der Waals surface area contributed by atoms with Crippen molar-refractivity contribution in [2.24, 2.45) is 11.1 Å². The standard InChI is InChI=1S/C17H27BrN2O2/c1-3-21-8-9-22-16-5-4-15(18)10-14(16)11-20-7-6-17(2,12-19)13-20/h4-5,10H,3,6-9,11-13,19H2,1-2H3. The van der Waals surface area contributed by atoms with Crippen molar-refractivity contribution in [3.05, 3.63) is 28.2 Å². The van der Waals surface area contributed by atoms with E-state index in [1.165, 1.54) is 5.56 Å². The first kappa shape index (κ1) is 17.7. The first-order chi connectivity index (χ1) is 10.6. The van der Waals surface area contributed by atoms with Gasteiger partial charge in [-0.2, -0.15) is 0 Å². The molecule has 0 radical (unpaired) electrons. The van der Waals surface area contributed by atoms with Crippen molar-refractivity contribution < 1.29 is 9.47 Å². The van der Waals surface area contributed by atoms with Gasteiger partial charge in [-0.25, -0.2) is 0 Å². The first-order valence-corrected chi connectivity index (χ1v) is 8.77. The highest BCUT2D eigenvalue weighted by Gasteiger charge is 2.32. The number of nitrogens with zero attached hydrogens (tertiary/aromatic N) is 1. The minimum absolute atomic E-state index is 0.252. The van der Waals surface area contributed by atoms with E-state index in [-0.39, 0.29) is 5.41 Å². The molecule has 5 heteroatoms. The van der Waals surface area contributed by atoms with Crippen LogP contribution in [-0.2, 0) is 11.3 Å². The number of halogens is 1. The zero-order valence-electron chi connectivity index (χ0n) is 13.6. The average Bonchev–Trinajstić information content (AvgIpc) is 2.87. The lowest BCUT2D eigenvalue weighted by Crippen LogP contribution is -2.31. The van der Waals surface area contributed by atoms with Crippen LogP contribution in [0.25, 0.3) is 0 Å². The SMILES string of the molecule is CCOCCOc1ccc(Br)cc1CN1CCC(C)(CN)C1. The molecule has 1 unspecified atom stereocenters. The van der Waals surface area contributed by atoms with Crippen molar-refractivity contribution in [2.45, 2.75) is 26.8 Å². The number of hydrogen-bond acceptors (Lipinski definition) is 4. The molecule has 2 N–H and O–H groups in total. The molecule has 22 heavy (non-hydrogen) atoms. The van der Waals surface area contributed by atoms with E-state index in [2.05, 4.69) is 33.8 Å². The number of hydrogen-bond donors (Lipinski definition) is 1. The van der Waals surface area contributed by atoms with E-state index in [0.29, 0.717) is 13.2 Å². The van der Waals surface area contributed by atoms with Crippen LogP contribution in [0.1, 0.15) is 25.8 Å². The fourth-order valence-electron chi connectivity index (χ4n) is 2.84. The molecular formula is C17H27BrN2O2. The molecule has 0 aliphatic carbocycles. The van der Waals surface area contributed by atoms with Gasteiger partial charge in [-0.1, -0.05) is 22.9 Å². The third kappa shape index (κ3) is 4.95. The molecule has 0 bridgehead atoms. The summed E-state index contributed by atoms with van der Waals surface area (Å²) in [5.74, 6) is 0.948. The molecule has 0 amide bonds. The third-order valence-electron chi connectivity index (χ3n) is 4.24. The molecule has 0 saturated carbocycles. The van der Waals surface area contributed by atoms with Crippen LogP contribution >= 0.6 is 15.9 Å². The zero-order valence-corrected chi connectivity index (χ0v) is 15.2. The van der Waals surface area contributed by atoms with Gasteiger partial charge in [0.2, 0.25) is 0 Å². The maximum absolute atomic E-state index is 5.90. The van der Waals surface area contributed by atoms with Crippen LogP contribution in [0, 0.1) is 5.41 Å². The number of benzene rings is 1. The summed E-state index contributed by atoms with van der Waals surface area (Å²) in [7, 11) is 0. The smallest absolute Gasteiger partial charge is 0.123 e. The Kier molecular flexibility index (Phi) is 6.68. The lowest BCUT2D eigenvalue weighted by molar-refractivity contribution is 0.109. The molecule has 2 rings (SSSR count). The normalized spacial score (nSPS) is 22.2. The predicted octanol–water partition coefficient (Wildman–Crippen LogP) is 3.04. The summed E-state index contributed by atoms with van der Waals surface area (Å²) in [6, 6.07) is 6.20. The van der Waals surface area contributed by atoms with E-state index in [1.807, 2.05) is 19.1 Å². The van der Waals surface area contributed by atoms with Gasteiger partial charge >= 0.3 is 0 Å². The molecule has 1 aliphatic rings. The summed E-state index contributed by atoms with van der Waals surface area (Å²) >= 11 is 3.56. The fraction of sp³-hybridized carbons (Fsp3) is 0.647. The Labute approximate surface area is 142 Å². The van der Waals surface area contributed by atoms with Crippen molar-refractivity contribution in [3.8, 4) is 5.75 Å². The van der Waals surface area contributed by atoms with Crippen molar-refractivity contribution in [1.82, 2.24) is 4.90 Å². The Hall–Kier alpha value is -0.620. The first-order valence-electron chi connectivity index (χ1n) is 7.98. The molecule has 124 valence electrons. The van der Waals surface area contributed by atoms with Gasteiger partial charge in [0.25, 0.3) is 0 Å². The van der Waals surface area contributed by atoms with Crippen molar-refractivity contribution in [1.29, 1.82) is 0 Å². The van der Waals surface area contributed by atoms with Crippen LogP contribution < -0.4 is 10.5 Å².